The lowest BCUT2D eigenvalue weighted by molar-refractivity contribution is -0.120. The van der Waals surface area contributed by atoms with E-state index in [0.717, 1.165) is 27.8 Å². The number of hydrogen-bond acceptors (Lipinski definition) is 5. The molecule has 3 rings (SSSR count). The minimum atomic E-state index is -0.260. The van der Waals surface area contributed by atoms with E-state index in [1.165, 1.54) is 23.1 Å². The molecule has 1 aliphatic carbocycles. The van der Waals surface area contributed by atoms with E-state index in [2.05, 4.69) is 15.5 Å². The van der Waals surface area contributed by atoms with Crippen LogP contribution in [0.1, 0.15) is 28.7 Å². The van der Waals surface area contributed by atoms with Crippen LogP contribution in [0.5, 0.6) is 0 Å². The highest BCUT2D eigenvalue weighted by Crippen LogP contribution is 2.37. The maximum atomic E-state index is 12.4. The molecule has 4 nitrogen and oxygen atoms in total. The number of carbonyl (C=O) groups excluding carboxylic acids is 1. The van der Waals surface area contributed by atoms with Crippen LogP contribution in [-0.4, -0.2) is 22.1 Å². The van der Waals surface area contributed by atoms with Gasteiger partial charge in [0.15, 0.2) is 4.34 Å². The maximum absolute atomic E-state index is 12.4. The summed E-state index contributed by atoms with van der Waals surface area (Å²) in [6.07, 6.45) is 2.19. The van der Waals surface area contributed by atoms with E-state index in [-0.39, 0.29) is 11.2 Å². The van der Waals surface area contributed by atoms with Crippen molar-refractivity contribution in [2.24, 2.45) is 0 Å². The van der Waals surface area contributed by atoms with Crippen molar-refractivity contribution in [2.75, 3.05) is 0 Å². The number of benzene rings is 1. The lowest BCUT2D eigenvalue weighted by Gasteiger charge is -2.15. The first kappa shape index (κ1) is 13.6. The predicted molar refractivity (Wildman–Crippen MR) is 80.9 cm³/mol. The van der Waals surface area contributed by atoms with Crippen LogP contribution in [-0.2, 0) is 4.79 Å². The van der Waals surface area contributed by atoms with Gasteiger partial charge in [-0.15, -0.1) is 10.2 Å². The molecule has 0 unspecified atom stereocenters. The minimum Gasteiger partial charge on any atom is -0.352 e. The highest BCUT2D eigenvalue weighted by Gasteiger charge is 2.29. The predicted octanol–water partition coefficient (Wildman–Crippen LogP) is 2.96. The van der Waals surface area contributed by atoms with E-state index in [1.54, 1.807) is 0 Å². The molecular formula is C14H15N3OS2. The van der Waals surface area contributed by atoms with Crippen molar-refractivity contribution in [3.8, 4) is 0 Å². The van der Waals surface area contributed by atoms with Gasteiger partial charge in [0.25, 0.3) is 0 Å². The molecule has 0 radical (unpaired) electrons. The molecule has 6 heteroatoms. The molecule has 1 saturated carbocycles. The number of nitrogens with zero attached hydrogens (tertiary/aromatic N) is 2. The van der Waals surface area contributed by atoms with Crippen LogP contribution in [0.3, 0.4) is 0 Å². The van der Waals surface area contributed by atoms with E-state index in [9.17, 15) is 4.79 Å². The third kappa shape index (κ3) is 3.37. The maximum Gasteiger partial charge on any atom is 0.238 e. The Labute approximate surface area is 126 Å². The molecule has 0 bridgehead atoms. The molecular weight excluding hydrogens is 290 g/mol. The lowest BCUT2D eigenvalue weighted by Crippen LogP contribution is -2.29. The van der Waals surface area contributed by atoms with E-state index in [0.29, 0.717) is 6.04 Å². The summed E-state index contributed by atoms with van der Waals surface area (Å²) in [7, 11) is 0. The monoisotopic (exact) mass is 305 g/mol. The summed E-state index contributed by atoms with van der Waals surface area (Å²) in [5.74, 6) is 0.0663. The number of rotatable bonds is 5. The number of amides is 1. The summed E-state index contributed by atoms with van der Waals surface area (Å²) in [6, 6.07) is 10.2. The fourth-order valence-corrected chi connectivity index (χ4v) is 3.85. The largest absolute Gasteiger partial charge is 0.352 e. The van der Waals surface area contributed by atoms with Gasteiger partial charge in [0.2, 0.25) is 5.91 Å². The molecule has 1 N–H and O–H groups in total. The molecule has 1 fully saturated rings. The molecule has 1 heterocycles. The molecule has 0 saturated heterocycles. The third-order valence-corrected chi connectivity index (χ3v) is 5.17. The van der Waals surface area contributed by atoms with Crippen LogP contribution in [0.4, 0.5) is 0 Å². The zero-order valence-electron chi connectivity index (χ0n) is 11.1. The number of aryl methyl sites for hydroxylation is 1. The Morgan fingerprint density at radius 3 is 2.70 bits per heavy atom. The fraction of sp³-hybridized carbons (Fsp3) is 0.357. The normalized spacial score (nSPS) is 15.8. The molecule has 0 aliphatic heterocycles. The van der Waals surface area contributed by atoms with Gasteiger partial charge in [0.1, 0.15) is 10.3 Å². The molecule has 1 aliphatic rings. The number of thioether (sulfide) groups is 1. The SMILES string of the molecule is Cc1nnc(S[C@@H](C(=O)NC2CC2)c2ccccc2)s1. The van der Waals surface area contributed by atoms with Crippen molar-refractivity contribution in [3.63, 3.8) is 0 Å². The van der Waals surface area contributed by atoms with E-state index in [1.807, 2.05) is 37.3 Å². The van der Waals surface area contributed by atoms with Crippen LogP contribution < -0.4 is 5.32 Å². The molecule has 1 aromatic carbocycles. The van der Waals surface area contributed by atoms with E-state index in [4.69, 9.17) is 0 Å². The van der Waals surface area contributed by atoms with Crippen LogP contribution in [0, 0.1) is 6.92 Å². The summed E-state index contributed by atoms with van der Waals surface area (Å²) >= 11 is 3.00. The van der Waals surface area contributed by atoms with E-state index >= 15 is 0 Å². The second kappa shape index (κ2) is 5.93. The minimum absolute atomic E-state index is 0.0663. The van der Waals surface area contributed by atoms with Gasteiger partial charge in [0.05, 0.1) is 0 Å². The third-order valence-electron chi connectivity index (χ3n) is 2.99. The fourth-order valence-electron chi connectivity index (χ4n) is 1.83. The zero-order valence-corrected chi connectivity index (χ0v) is 12.7. The zero-order chi connectivity index (χ0) is 13.9. The smallest absolute Gasteiger partial charge is 0.238 e. The molecule has 1 aromatic heterocycles. The van der Waals surface area contributed by atoms with Crippen molar-refractivity contribution >= 4 is 29.0 Å². The first-order valence-corrected chi connectivity index (χ1v) is 8.24. The van der Waals surface area contributed by atoms with Crippen LogP contribution in [0.25, 0.3) is 0 Å². The molecule has 1 amide bonds. The van der Waals surface area contributed by atoms with Crippen molar-refractivity contribution in [1.82, 2.24) is 15.5 Å². The Morgan fingerprint density at radius 2 is 2.10 bits per heavy atom. The van der Waals surface area contributed by atoms with Gasteiger partial charge in [-0.3, -0.25) is 4.79 Å². The summed E-state index contributed by atoms with van der Waals surface area (Å²) in [5, 5.41) is 11.9. The van der Waals surface area contributed by atoms with Gasteiger partial charge in [0, 0.05) is 6.04 Å². The van der Waals surface area contributed by atoms with Gasteiger partial charge in [-0.1, -0.05) is 53.4 Å². The highest BCUT2D eigenvalue weighted by atomic mass is 32.2. The number of nitrogens with one attached hydrogen (secondary N) is 1. The first-order chi connectivity index (χ1) is 9.72. The first-order valence-electron chi connectivity index (χ1n) is 6.54. The van der Waals surface area contributed by atoms with Gasteiger partial charge < -0.3 is 5.32 Å². The summed E-state index contributed by atoms with van der Waals surface area (Å²) in [6.45, 7) is 1.92. The van der Waals surface area contributed by atoms with Gasteiger partial charge >= 0.3 is 0 Å². The molecule has 1 atom stereocenters. The number of carbonyl (C=O) groups is 1. The lowest BCUT2D eigenvalue weighted by atomic mass is 10.1. The summed E-state index contributed by atoms with van der Waals surface area (Å²) < 4.78 is 0.835. The van der Waals surface area contributed by atoms with Crippen LogP contribution in [0.2, 0.25) is 0 Å². The average molecular weight is 305 g/mol. The molecule has 104 valence electrons. The van der Waals surface area contributed by atoms with Gasteiger partial charge in [-0.05, 0) is 25.3 Å². The van der Waals surface area contributed by atoms with E-state index < -0.39 is 0 Å². The Morgan fingerprint density at radius 1 is 1.35 bits per heavy atom. The van der Waals surface area contributed by atoms with Crippen molar-refractivity contribution in [2.45, 2.75) is 35.4 Å². The Balaban J connectivity index is 1.80. The van der Waals surface area contributed by atoms with Crippen LogP contribution >= 0.6 is 23.1 Å². The number of hydrogen-bond donors (Lipinski definition) is 1. The standard InChI is InChI=1S/C14H15N3OS2/c1-9-16-17-14(19-9)20-12(10-5-3-2-4-6-10)13(18)15-11-7-8-11/h2-6,11-12H,7-8H2,1H3,(H,15,18)/t12-/m1/s1. The quantitative estimate of drug-likeness (QED) is 0.863. The molecule has 2 aromatic rings. The molecule has 20 heavy (non-hydrogen) atoms. The average Bonchev–Trinajstić information content (AvgIpc) is 3.17. The van der Waals surface area contributed by atoms with Crippen molar-refractivity contribution in [3.05, 3.63) is 40.9 Å². The molecule has 0 spiro atoms. The second-order valence-electron chi connectivity index (χ2n) is 4.78. The Bertz CT molecular complexity index is 595. The highest BCUT2D eigenvalue weighted by molar-refractivity contribution is 8.01. The Hall–Kier alpha value is -1.40. The van der Waals surface area contributed by atoms with Gasteiger partial charge in [-0.25, -0.2) is 0 Å². The number of aromatic nitrogens is 2. The van der Waals surface area contributed by atoms with Crippen LogP contribution in [0.15, 0.2) is 34.7 Å². The van der Waals surface area contributed by atoms with Crippen molar-refractivity contribution in [1.29, 1.82) is 0 Å². The summed E-state index contributed by atoms with van der Waals surface area (Å²) in [4.78, 5) is 12.4. The second-order valence-corrected chi connectivity index (χ2v) is 7.31. The van der Waals surface area contributed by atoms with Gasteiger partial charge in [-0.2, -0.15) is 0 Å². The summed E-state index contributed by atoms with van der Waals surface area (Å²) in [5.41, 5.74) is 1.00. The van der Waals surface area contributed by atoms with Crippen molar-refractivity contribution < 1.29 is 4.79 Å². The Kier molecular flexibility index (Phi) is 4.03. The topological polar surface area (TPSA) is 54.9 Å².